The van der Waals surface area contributed by atoms with E-state index in [0.717, 1.165) is 37.6 Å². The fourth-order valence-corrected chi connectivity index (χ4v) is 2.95. The molecule has 0 spiro atoms. The van der Waals surface area contributed by atoms with Crippen LogP contribution in [0.25, 0.3) is 0 Å². The van der Waals surface area contributed by atoms with Gasteiger partial charge in [0.1, 0.15) is 5.82 Å². The minimum absolute atomic E-state index is 0.0930. The number of carbonyl (C=O) groups excluding carboxylic acids is 1. The number of carbonyl (C=O) groups is 1. The van der Waals surface area contributed by atoms with Gasteiger partial charge < -0.3 is 15.1 Å². The number of hydrogen-bond acceptors (Lipinski definition) is 4. The molecule has 1 aromatic heterocycles. The van der Waals surface area contributed by atoms with E-state index < -0.39 is 0 Å². The molecule has 1 aromatic carbocycles. The van der Waals surface area contributed by atoms with Gasteiger partial charge in [0.15, 0.2) is 0 Å². The van der Waals surface area contributed by atoms with E-state index in [1.54, 1.807) is 12.4 Å². The van der Waals surface area contributed by atoms with Gasteiger partial charge in [0.25, 0.3) is 5.91 Å². The molecular weight excluding hydrogens is 319 g/mol. The van der Waals surface area contributed by atoms with Crippen molar-refractivity contribution < 1.29 is 9.18 Å². The van der Waals surface area contributed by atoms with Crippen molar-refractivity contribution in [3.05, 3.63) is 54.1 Å². The van der Waals surface area contributed by atoms with Crippen LogP contribution >= 0.6 is 0 Å². The highest BCUT2D eigenvalue weighted by atomic mass is 19.1. The van der Waals surface area contributed by atoms with Crippen molar-refractivity contribution >= 4 is 17.3 Å². The van der Waals surface area contributed by atoms with Crippen molar-refractivity contribution in [3.63, 3.8) is 0 Å². The Morgan fingerprint density at radius 2 is 1.64 bits per heavy atom. The van der Waals surface area contributed by atoms with Crippen LogP contribution in [0.2, 0.25) is 0 Å². The average Bonchev–Trinajstić information content (AvgIpc) is 2.62. The third-order valence-electron chi connectivity index (χ3n) is 4.24. The quantitative estimate of drug-likeness (QED) is 0.928. The van der Waals surface area contributed by atoms with Gasteiger partial charge in [-0.05, 0) is 44.2 Å². The Labute approximate surface area is 147 Å². The van der Waals surface area contributed by atoms with E-state index in [4.69, 9.17) is 0 Å². The zero-order chi connectivity index (χ0) is 17.8. The Balaban J connectivity index is 1.64. The zero-order valence-electron chi connectivity index (χ0n) is 14.6. The number of halogens is 1. The molecule has 0 radical (unpaired) electrons. The maximum atomic E-state index is 13.1. The smallest absolute Gasteiger partial charge is 0.253 e. The van der Waals surface area contributed by atoms with Crippen LogP contribution in [0.1, 0.15) is 24.2 Å². The molecule has 1 N–H and O–H groups in total. The van der Waals surface area contributed by atoms with E-state index in [9.17, 15) is 9.18 Å². The number of hydrogen-bond donors (Lipinski definition) is 1. The van der Waals surface area contributed by atoms with E-state index in [-0.39, 0.29) is 17.8 Å². The third kappa shape index (κ3) is 4.26. The van der Waals surface area contributed by atoms with Crippen LogP contribution < -0.4 is 15.1 Å². The summed E-state index contributed by atoms with van der Waals surface area (Å²) >= 11 is 0. The fraction of sp³-hybridized carbons (Fsp3) is 0.368. The van der Waals surface area contributed by atoms with Gasteiger partial charge in [-0.3, -0.25) is 9.78 Å². The summed E-state index contributed by atoms with van der Waals surface area (Å²) in [6.45, 7) is 7.21. The molecule has 1 amide bonds. The highest BCUT2D eigenvalue weighted by Crippen LogP contribution is 2.21. The average molecular weight is 342 g/mol. The molecule has 0 bridgehead atoms. The molecule has 1 aliphatic rings. The fourth-order valence-electron chi connectivity index (χ4n) is 2.95. The van der Waals surface area contributed by atoms with Gasteiger partial charge in [0.2, 0.25) is 0 Å². The van der Waals surface area contributed by atoms with Crippen LogP contribution in [0.15, 0.2) is 42.7 Å². The summed E-state index contributed by atoms with van der Waals surface area (Å²) in [5.74, 6) is -0.320. The summed E-state index contributed by atoms with van der Waals surface area (Å²) in [7, 11) is 0. The first-order valence-electron chi connectivity index (χ1n) is 8.54. The van der Waals surface area contributed by atoms with E-state index in [1.165, 1.54) is 12.1 Å². The van der Waals surface area contributed by atoms with Gasteiger partial charge in [-0.15, -0.1) is 0 Å². The molecule has 1 fully saturated rings. The molecule has 0 unspecified atom stereocenters. The first-order valence-corrected chi connectivity index (χ1v) is 8.54. The highest BCUT2D eigenvalue weighted by Gasteiger charge is 2.19. The first-order chi connectivity index (χ1) is 12.0. The molecule has 1 aliphatic heterocycles. The van der Waals surface area contributed by atoms with Crippen LogP contribution in [0, 0.1) is 5.82 Å². The molecule has 2 aromatic rings. The highest BCUT2D eigenvalue weighted by molar-refractivity contribution is 5.94. The Morgan fingerprint density at radius 1 is 1.04 bits per heavy atom. The molecular formula is C19H23FN4O. The van der Waals surface area contributed by atoms with Crippen molar-refractivity contribution in [2.75, 3.05) is 36.0 Å². The van der Waals surface area contributed by atoms with Crippen molar-refractivity contribution in [2.24, 2.45) is 0 Å². The number of nitrogens with zero attached hydrogens (tertiary/aromatic N) is 3. The van der Waals surface area contributed by atoms with Crippen LogP contribution in [0.4, 0.5) is 15.8 Å². The molecule has 0 aliphatic carbocycles. The molecule has 0 saturated carbocycles. The van der Waals surface area contributed by atoms with Gasteiger partial charge in [-0.2, -0.15) is 0 Å². The monoisotopic (exact) mass is 342 g/mol. The summed E-state index contributed by atoms with van der Waals surface area (Å²) in [6.07, 6.45) is 3.38. The molecule has 5 nitrogen and oxygen atoms in total. The van der Waals surface area contributed by atoms with Crippen LogP contribution in [0.5, 0.6) is 0 Å². The molecule has 1 saturated heterocycles. The third-order valence-corrected chi connectivity index (χ3v) is 4.24. The predicted molar refractivity (Wildman–Crippen MR) is 97.7 cm³/mol. The van der Waals surface area contributed by atoms with Crippen LogP contribution in [-0.4, -0.2) is 43.1 Å². The van der Waals surface area contributed by atoms with E-state index in [1.807, 2.05) is 32.0 Å². The minimum atomic E-state index is -0.218. The number of benzene rings is 1. The van der Waals surface area contributed by atoms with Crippen molar-refractivity contribution in [1.29, 1.82) is 0 Å². The molecule has 3 rings (SSSR count). The Hall–Kier alpha value is -2.63. The lowest BCUT2D eigenvalue weighted by Crippen LogP contribution is -2.46. The standard InChI is InChI=1S/C19H23FN4O/c1-14(2)22-19(25)15-11-18(13-21-12-15)24-9-7-23(8-10-24)17-5-3-16(20)4-6-17/h3-6,11-14H,7-10H2,1-2H3,(H,22,25). The van der Waals surface area contributed by atoms with Gasteiger partial charge >= 0.3 is 0 Å². The van der Waals surface area contributed by atoms with Crippen LogP contribution in [0.3, 0.4) is 0 Å². The molecule has 25 heavy (non-hydrogen) atoms. The number of amides is 1. The summed E-state index contributed by atoms with van der Waals surface area (Å²) in [4.78, 5) is 20.8. The minimum Gasteiger partial charge on any atom is -0.368 e. The second-order valence-corrected chi connectivity index (χ2v) is 6.51. The number of nitrogens with one attached hydrogen (secondary N) is 1. The topological polar surface area (TPSA) is 48.5 Å². The lowest BCUT2D eigenvalue weighted by molar-refractivity contribution is 0.0943. The lowest BCUT2D eigenvalue weighted by atomic mass is 10.2. The van der Waals surface area contributed by atoms with Crippen LogP contribution in [-0.2, 0) is 0 Å². The molecule has 132 valence electrons. The molecule has 0 atom stereocenters. The Bertz CT molecular complexity index is 724. The SMILES string of the molecule is CC(C)NC(=O)c1cncc(N2CCN(c3ccc(F)cc3)CC2)c1. The van der Waals surface area contributed by atoms with Gasteiger partial charge in [0, 0.05) is 44.1 Å². The molecule has 6 heteroatoms. The summed E-state index contributed by atoms with van der Waals surface area (Å²) in [6, 6.07) is 8.58. The maximum absolute atomic E-state index is 13.1. The van der Waals surface area contributed by atoms with Crippen molar-refractivity contribution in [2.45, 2.75) is 19.9 Å². The van der Waals surface area contributed by atoms with Gasteiger partial charge in [-0.25, -0.2) is 4.39 Å². The second-order valence-electron chi connectivity index (χ2n) is 6.51. The van der Waals surface area contributed by atoms with Crippen molar-refractivity contribution in [3.8, 4) is 0 Å². The van der Waals surface area contributed by atoms with E-state index >= 15 is 0 Å². The lowest BCUT2D eigenvalue weighted by Gasteiger charge is -2.37. The second kappa shape index (κ2) is 7.51. The first kappa shape index (κ1) is 17.2. The summed E-state index contributed by atoms with van der Waals surface area (Å²) in [5.41, 5.74) is 2.56. The number of aromatic nitrogens is 1. The van der Waals surface area contributed by atoms with Crippen molar-refractivity contribution in [1.82, 2.24) is 10.3 Å². The largest absolute Gasteiger partial charge is 0.368 e. The summed E-state index contributed by atoms with van der Waals surface area (Å²) < 4.78 is 13.1. The Kier molecular flexibility index (Phi) is 5.16. The number of anilines is 2. The number of piperazine rings is 1. The zero-order valence-corrected chi connectivity index (χ0v) is 14.6. The predicted octanol–water partition coefficient (Wildman–Crippen LogP) is 2.69. The van der Waals surface area contributed by atoms with E-state index in [2.05, 4.69) is 20.1 Å². The van der Waals surface area contributed by atoms with Gasteiger partial charge in [-0.1, -0.05) is 0 Å². The van der Waals surface area contributed by atoms with Gasteiger partial charge in [0.05, 0.1) is 17.4 Å². The summed E-state index contributed by atoms with van der Waals surface area (Å²) in [5, 5.41) is 2.89. The number of pyridine rings is 1. The molecule has 2 heterocycles. The number of rotatable bonds is 4. The normalized spacial score (nSPS) is 14.7. The maximum Gasteiger partial charge on any atom is 0.253 e. The van der Waals surface area contributed by atoms with E-state index in [0.29, 0.717) is 5.56 Å². The Morgan fingerprint density at radius 3 is 2.24 bits per heavy atom.